The lowest BCUT2D eigenvalue weighted by Gasteiger charge is -2.16. The number of rotatable bonds is 5. The highest BCUT2D eigenvalue weighted by molar-refractivity contribution is 9.10. The van der Waals surface area contributed by atoms with Gasteiger partial charge in [-0.25, -0.2) is 0 Å². The van der Waals surface area contributed by atoms with Crippen LogP contribution in [0.5, 0.6) is 0 Å². The van der Waals surface area contributed by atoms with Gasteiger partial charge in [0.15, 0.2) is 0 Å². The zero-order chi connectivity index (χ0) is 13.1. The summed E-state index contributed by atoms with van der Waals surface area (Å²) in [5.41, 5.74) is 0.636. The van der Waals surface area contributed by atoms with Gasteiger partial charge >= 0.3 is 0 Å². The van der Waals surface area contributed by atoms with E-state index >= 15 is 0 Å². The van der Waals surface area contributed by atoms with Gasteiger partial charge in [0.2, 0.25) is 0 Å². The predicted octanol–water partition coefficient (Wildman–Crippen LogP) is 2.56. The monoisotopic (exact) mass is 328 g/mol. The summed E-state index contributed by atoms with van der Waals surface area (Å²) in [6.45, 7) is 1.57. The minimum Gasteiger partial charge on any atom is -0.351 e. The highest BCUT2D eigenvalue weighted by Crippen LogP contribution is 2.24. The SMILES string of the molecule is CN(CCNC(=O)c1cc(S)ccc1Br)C1CC1. The number of benzene rings is 1. The number of amides is 1. The van der Waals surface area contributed by atoms with Gasteiger partial charge in [-0.3, -0.25) is 4.79 Å². The lowest BCUT2D eigenvalue weighted by Crippen LogP contribution is -2.34. The van der Waals surface area contributed by atoms with Crippen LogP contribution in [0.3, 0.4) is 0 Å². The molecule has 0 saturated heterocycles. The van der Waals surface area contributed by atoms with E-state index in [1.807, 2.05) is 12.1 Å². The van der Waals surface area contributed by atoms with Gasteiger partial charge in [-0.15, -0.1) is 12.6 Å². The fourth-order valence-corrected chi connectivity index (χ4v) is 2.46. The maximum Gasteiger partial charge on any atom is 0.252 e. The van der Waals surface area contributed by atoms with Crippen molar-refractivity contribution in [1.82, 2.24) is 10.2 Å². The number of hydrogen-bond acceptors (Lipinski definition) is 3. The quantitative estimate of drug-likeness (QED) is 0.814. The first kappa shape index (κ1) is 13.9. The average Bonchev–Trinajstić information content (AvgIpc) is 3.16. The van der Waals surface area contributed by atoms with Crippen LogP contribution in [0.4, 0.5) is 0 Å². The third-order valence-electron chi connectivity index (χ3n) is 3.11. The molecular formula is C13H17BrN2OS. The molecule has 1 aromatic rings. The third kappa shape index (κ3) is 3.73. The Morgan fingerprint density at radius 1 is 1.56 bits per heavy atom. The summed E-state index contributed by atoms with van der Waals surface area (Å²) in [6, 6.07) is 6.19. The minimum absolute atomic E-state index is 0.0537. The van der Waals surface area contributed by atoms with Crippen molar-refractivity contribution in [3.05, 3.63) is 28.2 Å². The molecule has 0 spiro atoms. The molecule has 1 aliphatic rings. The number of likely N-dealkylation sites (N-methyl/N-ethyl adjacent to an activating group) is 1. The van der Waals surface area contributed by atoms with Crippen LogP contribution in [0.1, 0.15) is 23.2 Å². The molecule has 5 heteroatoms. The zero-order valence-electron chi connectivity index (χ0n) is 10.3. The van der Waals surface area contributed by atoms with Gasteiger partial charge in [0, 0.05) is 28.5 Å². The molecule has 1 amide bonds. The second kappa shape index (κ2) is 6.08. The van der Waals surface area contributed by atoms with Crippen LogP contribution in [-0.2, 0) is 0 Å². The van der Waals surface area contributed by atoms with E-state index in [1.165, 1.54) is 12.8 Å². The van der Waals surface area contributed by atoms with E-state index in [9.17, 15) is 4.79 Å². The second-order valence-electron chi connectivity index (χ2n) is 4.63. The fraction of sp³-hybridized carbons (Fsp3) is 0.462. The first-order valence-corrected chi connectivity index (χ1v) is 7.29. The maximum absolute atomic E-state index is 12.0. The average molecular weight is 329 g/mol. The summed E-state index contributed by atoms with van der Waals surface area (Å²) in [6.07, 6.45) is 2.58. The van der Waals surface area contributed by atoms with Crippen LogP contribution in [0, 0.1) is 0 Å². The Kier molecular flexibility index (Phi) is 4.70. The van der Waals surface area contributed by atoms with E-state index < -0.39 is 0 Å². The third-order valence-corrected chi connectivity index (χ3v) is 4.08. The van der Waals surface area contributed by atoms with Crippen molar-refractivity contribution < 1.29 is 4.79 Å². The number of thiol groups is 1. The van der Waals surface area contributed by atoms with Crippen LogP contribution >= 0.6 is 28.6 Å². The topological polar surface area (TPSA) is 32.3 Å². The summed E-state index contributed by atoms with van der Waals surface area (Å²) in [7, 11) is 2.11. The van der Waals surface area contributed by atoms with E-state index in [-0.39, 0.29) is 5.91 Å². The first-order valence-electron chi connectivity index (χ1n) is 6.05. The summed E-state index contributed by atoms with van der Waals surface area (Å²) >= 11 is 7.63. The van der Waals surface area contributed by atoms with Crippen molar-refractivity contribution in [2.24, 2.45) is 0 Å². The molecule has 1 saturated carbocycles. The maximum atomic E-state index is 12.0. The smallest absolute Gasteiger partial charge is 0.252 e. The van der Waals surface area contributed by atoms with Crippen molar-refractivity contribution in [1.29, 1.82) is 0 Å². The van der Waals surface area contributed by atoms with Gasteiger partial charge in [-0.2, -0.15) is 0 Å². The van der Waals surface area contributed by atoms with E-state index in [2.05, 4.69) is 45.8 Å². The van der Waals surface area contributed by atoms with Gasteiger partial charge in [-0.05, 0) is 54.0 Å². The Hall–Kier alpha value is -0.520. The molecule has 1 N–H and O–H groups in total. The largest absolute Gasteiger partial charge is 0.351 e. The molecule has 98 valence electrons. The number of carbonyl (C=O) groups is 1. The number of halogens is 1. The van der Waals surface area contributed by atoms with Crippen LogP contribution in [0.2, 0.25) is 0 Å². The standard InChI is InChI=1S/C13H17BrN2OS/c1-16(9-2-3-9)7-6-15-13(17)11-8-10(18)4-5-12(11)14/h4-5,8-9,18H,2-3,6-7H2,1H3,(H,15,17). The highest BCUT2D eigenvalue weighted by Gasteiger charge is 2.25. The van der Waals surface area contributed by atoms with E-state index in [4.69, 9.17) is 0 Å². The van der Waals surface area contributed by atoms with Crippen LogP contribution in [-0.4, -0.2) is 37.0 Å². The van der Waals surface area contributed by atoms with Crippen molar-refractivity contribution in [3.8, 4) is 0 Å². The first-order chi connectivity index (χ1) is 8.58. The number of nitrogens with one attached hydrogen (secondary N) is 1. The minimum atomic E-state index is -0.0537. The van der Waals surface area contributed by atoms with Crippen LogP contribution < -0.4 is 5.32 Å². The van der Waals surface area contributed by atoms with Crippen molar-refractivity contribution >= 4 is 34.5 Å². The van der Waals surface area contributed by atoms with Crippen LogP contribution in [0.25, 0.3) is 0 Å². The Morgan fingerprint density at radius 3 is 2.94 bits per heavy atom. The fourth-order valence-electron chi connectivity index (χ4n) is 1.83. The molecule has 18 heavy (non-hydrogen) atoms. The Bertz CT molecular complexity index is 449. The highest BCUT2D eigenvalue weighted by atomic mass is 79.9. The Balaban J connectivity index is 1.85. The van der Waals surface area contributed by atoms with Crippen molar-refractivity contribution in [2.75, 3.05) is 20.1 Å². The lowest BCUT2D eigenvalue weighted by atomic mass is 10.2. The normalized spacial score (nSPS) is 14.9. The number of carbonyl (C=O) groups excluding carboxylic acids is 1. The summed E-state index contributed by atoms with van der Waals surface area (Å²) < 4.78 is 0.799. The van der Waals surface area contributed by atoms with Gasteiger partial charge in [0.05, 0.1) is 5.56 Å². The van der Waals surface area contributed by atoms with Gasteiger partial charge < -0.3 is 10.2 Å². The number of hydrogen-bond donors (Lipinski definition) is 2. The molecule has 0 unspecified atom stereocenters. The van der Waals surface area contributed by atoms with E-state index in [0.717, 1.165) is 22.0 Å². The molecule has 1 fully saturated rings. The molecular weight excluding hydrogens is 312 g/mol. The molecule has 0 radical (unpaired) electrons. The molecule has 0 atom stereocenters. The van der Waals surface area contributed by atoms with Crippen molar-refractivity contribution in [3.63, 3.8) is 0 Å². The Labute approximate surface area is 121 Å². The molecule has 1 aliphatic carbocycles. The molecule has 1 aromatic carbocycles. The van der Waals surface area contributed by atoms with Crippen LogP contribution in [0.15, 0.2) is 27.6 Å². The number of nitrogens with zero attached hydrogens (tertiary/aromatic N) is 1. The second-order valence-corrected chi connectivity index (χ2v) is 6.00. The lowest BCUT2D eigenvalue weighted by molar-refractivity contribution is 0.0948. The van der Waals surface area contributed by atoms with Gasteiger partial charge in [0.25, 0.3) is 5.91 Å². The van der Waals surface area contributed by atoms with Crippen molar-refractivity contribution in [2.45, 2.75) is 23.8 Å². The predicted molar refractivity (Wildman–Crippen MR) is 79.4 cm³/mol. The van der Waals surface area contributed by atoms with Gasteiger partial charge in [0.1, 0.15) is 0 Å². The van der Waals surface area contributed by atoms with Gasteiger partial charge in [-0.1, -0.05) is 0 Å². The van der Waals surface area contributed by atoms with E-state index in [0.29, 0.717) is 12.1 Å². The summed E-state index contributed by atoms with van der Waals surface area (Å²) in [5, 5.41) is 2.94. The zero-order valence-corrected chi connectivity index (χ0v) is 12.8. The summed E-state index contributed by atoms with van der Waals surface area (Å²) in [4.78, 5) is 15.1. The molecule has 0 bridgehead atoms. The molecule has 0 heterocycles. The molecule has 0 aliphatic heterocycles. The summed E-state index contributed by atoms with van der Waals surface area (Å²) in [5.74, 6) is -0.0537. The molecule has 3 nitrogen and oxygen atoms in total. The Morgan fingerprint density at radius 2 is 2.28 bits per heavy atom. The molecule has 2 rings (SSSR count). The van der Waals surface area contributed by atoms with E-state index in [1.54, 1.807) is 6.07 Å². The molecule has 0 aromatic heterocycles.